The van der Waals surface area contributed by atoms with E-state index in [-0.39, 0.29) is 5.82 Å². The minimum Gasteiger partial charge on any atom is -0.368 e. The number of imide groups is 1. The zero-order valence-electron chi connectivity index (χ0n) is 19.6. The molecule has 2 aliphatic heterocycles. The summed E-state index contributed by atoms with van der Waals surface area (Å²) in [6.07, 6.45) is 1.62. The third-order valence-electron chi connectivity index (χ3n) is 6.38. The molecular formula is C28H27FN4O2. The molecule has 0 radical (unpaired) electrons. The van der Waals surface area contributed by atoms with E-state index in [0.717, 1.165) is 35.6 Å². The number of fused-ring (bicyclic) bond motifs is 1. The number of carbonyl (C=O) groups is 2. The highest BCUT2D eigenvalue weighted by Crippen LogP contribution is 2.30. The maximum atomic E-state index is 13.3. The van der Waals surface area contributed by atoms with E-state index in [1.54, 1.807) is 36.5 Å². The molecular weight excluding hydrogens is 443 g/mol. The van der Waals surface area contributed by atoms with Crippen LogP contribution in [-0.2, 0) is 4.79 Å². The van der Waals surface area contributed by atoms with E-state index in [0.29, 0.717) is 28.8 Å². The fourth-order valence-electron chi connectivity index (χ4n) is 4.75. The number of hydrogen-bond acceptors (Lipinski definition) is 5. The van der Waals surface area contributed by atoms with Gasteiger partial charge >= 0.3 is 0 Å². The fraction of sp³-hybridized carbons (Fsp3) is 0.214. The molecule has 3 N–H and O–H groups in total. The van der Waals surface area contributed by atoms with Crippen molar-refractivity contribution in [3.63, 3.8) is 0 Å². The first-order valence-corrected chi connectivity index (χ1v) is 11.7. The van der Waals surface area contributed by atoms with Crippen LogP contribution in [0.25, 0.3) is 16.7 Å². The lowest BCUT2D eigenvalue weighted by molar-refractivity contribution is -0.114. The quantitative estimate of drug-likeness (QED) is 0.389. The van der Waals surface area contributed by atoms with Gasteiger partial charge in [0.2, 0.25) is 0 Å². The van der Waals surface area contributed by atoms with E-state index in [4.69, 9.17) is 0 Å². The number of anilines is 2. The van der Waals surface area contributed by atoms with E-state index in [1.165, 1.54) is 12.1 Å². The highest BCUT2D eigenvalue weighted by Gasteiger charge is 2.27. The molecule has 35 heavy (non-hydrogen) atoms. The van der Waals surface area contributed by atoms with E-state index in [2.05, 4.69) is 46.8 Å². The Balaban J connectivity index is 1.40. The van der Waals surface area contributed by atoms with Crippen molar-refractivity contribution < 1.29 is 14.0 Å². The second-order valence-electron chi connectivity index (χ2n) is 9.17. The molecule has 6 nitrogen and oxygen atoms in total. The number of hydrogen-bond donors (Lipinski definition) is 3. The lowest BCUT2D eigenvalue weighted by atomic mass is 9.91. The van der Waals surface area contributed by atoms with Crippen molar-refractivity contribution in [2.45, 2.75) is 25.9 Å². The van der Waals surface area contributed by atoms with Crippen LogP contribution in [0, 0.1) is 5.82 Å². The van der Waals surface area contributed by atoms with Gasteiger partial charge in [0.1, 0.15) is 5.82 Å². The molecule has 0 bridgehead atoms. The molecule has 1 fully saturated rings. The van der Waals surface area contributed by atoms with Crippen molar-refractivity contribution >= 4 is 28.8 Å². The Labute approximate surface area is 203 Å². The molecule has 1 saturated heterocycles. The van der Waals surface area contributed by atoms with Gasteiger partial charge in [-0.05, 0) is 73.5 Å². The third kappa shape index (κ3) is 4.81. The van der Waals surface area contributed by atoms with Crippen molar-refractivity contribution in [3.8, 4) is 11.1 Å². The number of benzene rings is 3. The number of nitrogens with one attached hydrogen (secondary N) is 3. The summed E-state index contributed by atoms with van der Waals surface area (Å²) in [5.41, 5.74) is 4.89. The van der Waals surface area contributed by atoms with Crippen LogP contribution in [0.4, 0.5) is 15.8 Å². The zero-order valence-corrected chi connectivity index (χ0v) is 19.6. The molecule has 2 aliphatic rings. The van der Waals surface area contributed by atoms with Crippen molar-refractivity contribution in [1.82, 2.24) is 10.6 Å². The van der Waals surface area contributed by atoms with Crippen LogP contribution >= 0.6 is 0 Å². The first-order chi connectivity index (χ1) is 16.9. The van der Waals surface area contributed by atoms with Gasteiger partial charge in [0.05, 0.1) is 5.57 Å². The number of piperazine rings is 1. The minimum atomic E-state index is -0.466. The first kappa shape index (κ1) is 22.8. The van der Waals surface area contributed by atoms with Gasteiger partial charge in [-0.1, -0.05) is 18.2 Å². The number of amides is 2. The Bertz CT molecular complexity index is 1290. The summed E-state index contributed by atoms with van der Waals surface area (Å²) >= 11 is 0. The Morgan fingerprint density at radius 1 is 0.857 bits per heavy atom. The molecule has 0 spiro atoms. The molecule has 178 valence electrons. The summed E-state index contributed by atoms with van der Waals surface area (Å²) < 4.78 is 13.3. The minimum absolute atomic E-state index is 0.321. The van der Waals surface area contributed by atoms with Crippen LogP contribution < -0.4 is 20.9 Å². The van der Waals surface area contributed by atoms with Gasteiger partial charge in [0.25, 0.3) is 11.8 Å². The van der Waals surface area contributed by atoms with Gasteiger partial charge in [-0.15, -0.1) is 0 Å². The highest BCUT2D eigenvalue weighted by atomic mass is 19.1. The van der Waals surface area contributed by atoms with Crippen LogP contribution in [0.3, 0.4) is 0 Å². The smallest absolute Gasteiger partial charge is 0.260 e. The topological polar surface area (TPSA) is 73.5 Å². The Morgan fingerprint density at radius 2 is 1.51 bits per heavy atom. The summed E-state index contributed by atoms with van der Waals surface area (Å²) in [5, 5.41) is 9.14. The van der Waals surface area contributed by atoms with Gasteiger partial charge in [0, 0.05) is 53.9 Å². The molecule has 5 rings (SSSR count). The van der Waals surface area contributed by atoms with E-state index >= 15 is 0 Å². The predicted octanol–water partition coefficient (Wildman–Crippen LogP) is 4.40. The Morgan fingerprint density at radius 3 is 2.20 bits per heavy atom. The standard InChI is InChI=1S/C28H27FN4O2/c1-17-15-33(16-18(2)31-17)23-10-8-22(9-11-23)30-14-26-25-13-20(19-3-6-21(29)7-4-19)5-12-24(25)27(34)32-28(26)35/h3-14,17-18,30-31H,15-16H2,1-2H3,(H,32,34,35)/b26-14-/t17-,18+. The normalized spacial score (nSPS) is 21.0. The van der Waals surface area contributed by atoms with Crippen LogP contribution in [0.1, 0.15) is 29.8 Å². The maximum Gasteiger partial charge on any atom is 0.260 e. The molecule has 2 atom stereocenters. The van der Waals surface area contributed by atoms with Crippen molar-refractivity contribution in [2.24, 2.45) is 0 Å². The van der Waals surface area contributed by atoms with E-state index in [1.807, 2.05) is 12.1 Å². The lowest BCUT2D eigenvalue weighted by Gasteiger charge is -2.37. The summed E-state index contributed by atoms with van der Waals surface area (Å²) in [6, 6.07) is 20.3. The molecule has 3 aromatic rings. The van der Waals surface area contributed by atoms with Gasteiger partial charge in [-0.25, -0.2) is 4.39 Å². The molecule has 2 heterocycles. The van der Waals surface area contributed by atoms with Crippen molar-refractivity contribution in [1.29, 1.82) is 0 Å². The summed E-state index contributed by atoms with van der Waals surface area (Å²) in [6.45, 7) is 6.26. The molecule has 0 aromatic heterocycles. The predicted molar refractivity (Wildman–Crippen MR) is 137 cm³/mol. The van der Waals surface area contributed by atoms with Gasteiger partial charge < -0.3 is 15.5 Å². The fourth-order valence-corrected chi connectivity index (χ4v) is 4.75. The molecule has 3 aromatic carbocycles. The van der Waals surface area contributed by atoms with Crippen LogP contribution in [0.15, 0.2) is 72.9 Å². The largest absolute Gasteiger partial charge is 0.368 e. The Kier molecular flexibility index (Phi) is 6.09. The SMILES string of the molecule is C[C@@H]1CN(c2ccc(N/C=C3\C(=O)NC(=O)c4ccc(-c5ccc(F)cc5)cc43)cc2)C[C@H](C)N1. The lowest BCUT2D eigenvalue weighted by Crippen LogP contribution is -2.54. The van der Waals surface area contributed by atoms with Crippen molar-refractivity contribution in [2.75, 3.05) is 23.3 Å². The van der Waals surface area contributed by atoms with E-state index in [9.17, 15) is 14.0 Å². The molecule has 0 saturated carbocycles. The summed E-state index contributed by atoms with van der Waals surface area (Å²) in [7, 11) is 0. The maximum absolute atomic E-state index is 13.3. The molecule has 7 heteroatoms. The molecule has 0 unspecified atom stereocenters. The third-order valence-corrected chi connectivity index (χ3v) is 6.38. The first-order valence-electron chi connectivity index (χ1n) is 11.7. The van der Waals surface area contributed by atoms with Crippen LogP contribution in [0.5, 0.6) is 0 Å². The number of rotatable bonds is 4. The van der Waals surface area contributed by atoms with Gasteiger partial charge in [-0.3, -0.25) is 14.9 Å². The second-order valence-corrected chi connectivity index (χ2v) is 9.17. The second kappa shape index (κ2) is 9.35. The number of carbonyl (C=O) groups excluding carboxylic acids is 2. The summed E-state index contributed by atoms with van der Waals surface area (Å²) in [5.74, 6) is -1.22. The van der Waals surface area contributed by atoms with Crippen LogP contribution in [0.2, 0.25) is 0 Å². The van der Waals surface area contributed by atoms with E-state index < -0.39 is 11.8 Å². The van der Waals surface area contributed by atoms with Gasteiger partial charge in [-0.2, -0.15) is 0 Å². The number of halogens is 1. The monoisotopic (exact) mass is 470 g/mol. The highest BCUT2D eigenvalue weighted by molar-refractivity contribution is 6.31. The summed E-state index contributed by atoms with van der Waals surface area (Å²) in [4.78, 5) is 27.5. The van der Waals surface area contributed by atoms with Crippen LogP contribution in [-0.4, -0.2) is 37.0 Å². The average Bonchev–Trinajstić information content (AvgIpc) is 2.84. The van der Waals surface area contributed by atoms with Gasteiger partial charge in [0.15, 0.2) is 0 Å². The number of nitrogens with zero attached hydrogens (tertiary/aromatic N) is 1. The average molecular weight is 471 g/mol. The van der Waals surface area contributed by atoms with Crippen molar-refractivity contribution in [3.05, 3.63) is 89.9 Å². The zero-order chi connectivity index (χ0) is 24.5. The molecule has 0 aliphatic carbocycles. The molecule has 2 amide bonds. The Hall–Kier alpha value is -3.97.